The molecule has 1 nitrogen and oxygen atoms in total. The lowest BCUT2D eigenvalue weighted by molar-refractivity contribution is -0.137. The smallest absolute Gasteiger partial charge is 0.292 e. The van der Waals surface area contributed by atoms with Gasteiger partial charge in [-0.05, 0) is 47.3 Å². The van der Waals surface area contributed by atoms with Crippen LogP contribution in [0.3, 0.4) is 0 Å². The van der Waals surface area contributed by atoms with Crippen molar-refractivity contribution in [2.45, 2.75) is 17.2 Å². The normalized spacial score (nSPS) is 16.5. The molecule has 26 heavy (non-hydrogen) atoms. The van der Waals surface area contributed by atoms with Crippen LogP contribution in [0.4, 0.5) is 13.2 Å². The van der Waals surface area contributed by atoms with Crippen molar-refractivity contribution in [3.05, 3.63) is 71.3 Å². The third-order valence-corrected chi connectivity index (χ3v) is 6.84. The van der Waals surface area contributed by atoms with Gasteiger partial charge < -0.3 is 0 Å². The molecule has 0 atom stereocenters. The molecule has 0 amide bonds. The van der Waals surface area contributed by atoms with E-state index < -0.39 is 11.7 Å². The highest BCUT2D eigenvalue weighted by Crippen LogP contribution is 2.36. The highest BCUT2D eigenvalue weighted by atomic mass is 32.2. The van der Waals surface area contributed by atoms with E-state index in [9.17, 15) is 18.0 Å². The third-order valence-electron chi connectivity index (χ3n) is 3.94. The zero-order valence-electron chi connectivity index (χ0n) is 13.8. The Morgan fingerprint density at radius 2 is 1.58 bits per heavy atom. The molecule has 0 spiro atoms. The maximum atomic E-state index is 13.0. The number of carbonyl (C=O) groups is 1. The van der Waals surface area contributed by atoms with Gasteiger partial charge in [-0.3, -0.25) is 4.79 Å². The van der Waals surface area contributed by atoms with Crippen molar-refractivity contribution in [1.29, 1.82) is 0 Å². The molecular formula is C20H17F3OS2. The monoisotopic (exact) mass is 394 g/mol. The van der Waals surface area contributed by atoms with E-state index in [1.54, 1.807) is 29.6 Å². The van der Waals surface area contributed by atoms with Crippen LogP contribution in [0, 0.1) is 0 Å². The molecule has 1 fully saturated rings. The first-order valence-electron chi connectivity index (χ1n) is 8.17. The fraction of sp³-hybridized carbons (Fsp3) is 0.250. The Bertz CT molecular complexity index is 777. The molecule has 6 heteroatoms. The van der Waals surface area contributed by atoms with E-state index in [0.29, 0.717) is 11.1 Å². The molecule has 0 N–H and O–H groups in total. The van der Waals surface area contributed by atoms with Crippen LogP contribution < -0.4 is 0 Å². The maximum Gasteiger partial charge on any atom is 0.416 e. The first-order valence-corrected chi connectivity index (χ1v) is 10.3. The van der Waals surface area contributed by atoms with Crippen LogP contribution in [0.15, 0.2) is 54.6 Å². The van der Waals surface area contributed by atoms with Crippen LogP contribution in [0.5, 0.6) is 0 Å². The van der Waals surface area contributed by atoms with Crippen molar-refractivity contribution in [1.82, 2.24) is 0 Å². The van der Waals surface area contributed by atoms with Gasteiger partial charge in [0.25, 0.3) is 0 Å². The fourth-order valence-corrected chi connectivity index (χ4v) is 5.37. The summed E-state index contributed by atoms with van der Waals surface area (Å²) in [5.74, 6) is 1.92. The lowest BCUT2D eigenvalue weighted by Crippen LogP contribution is -2.19. The summed E-state index contributed by atoms with van der Waals surface area (Å²) in [5.41, 5.74) is 1.21. The molecule has 0 aliphatic carbocycles. The number of alkyl halides is 3. The highest BCUT2D eigenvalue weighted by molar-refractivity contribution is 8.18. The molecule has 1 aliphatic rings. The van der Waals surface area contributed by atoms with E-state index in [2.05, 4.69) is 0 Å². The molecule has 0 unspecified atom stereocenters. The van der Waals surface area contributed by atoms with E-state index in [1.807, 2.05) is 30.3 Å². The molecule has 0 bridgehead atoms. The molecule has 0 aromatic heterocycles. The summed E-state index contributed by atoms with van der Waals surface area (Å²) in [4.78, 5) is 13.0. The lowest BCUT2D eigenvalue weighted by Gasteiger charge is -2.21. The average molecular weight is 394 g/mol. The van der Waals surface area contributed by atoms with Gasteiger partial charge in [-0.1, -0.05) is 42.5 Å². The number of halogens is 3. The van der Waals surface area contributed by atoms with Gasteiger partial charge >= 0.3 is 6.18 Å². The Labute approximate surface area is 159 Å². The summed E-state index contributed by atoms with van der Waals surface area (Å²) < 4.78 is 38.1. The minimum absolute atomic E-state index is 0.0193. The van der Waals surface area contributed by atoms with Crippen molar-refractivity contribution < 1.29 is 18.0 Å². The number of hydrogen-bond acceptors (Lipinski definition) is 3. The standard InChI is InChI=1S/C20H17F3OS2/c21-20(22,23)16-9-7-14(8-10-16)13-17(15-5-2-1-3-6-15)18(24)19-25-11-4-12-26-19/h1-3,5-10,13,19H,4,11-12H2/b17-13+. The van der Waals surface area contributed by atoms with Crippen molar-refractivity contribution in [3.63, 3.8) is 0 Å². The molecule has 1 heterocycles. The van der Waals surface area contributed by atoms with Crippen molar-refractivity contribution in [2.75, 3.05) is 11.5 Å². The summed E-state index contributed by atoms with van der Waals surface area (Å²) in [5, 5.41) is 0. The molecule has 3 rings (SSSR count). The lowest BCUT2D eigenvalue weighted by atomic mass is 9.99. The summed E-state index contributed by atoms with van der Waals surface area (Å²) in [7, 11) is 0. The largest absolute Gasteiger partial charge is 0.416 e. The van der Waals surface area contributed by atoms with Gasteiger partial charge in [-0.2, -0.15) is 13.2 Å². The van der Waals surface area contributed by atoms with E-state index in [4.69, 9.17) is 0 Å². The minimum atomic E-state index is -4.37. The highest BCUT2D eigenvalue weighted by Gasteiger charge is 2.30. The second-order valence-electron chi connectivity index (χ2n) is 5.84. The van der Waals surface area contributed by atoms with Crippen LogP contribution in [-0.2, 0) is 11.0 Å². The number of benzene rings is 2. The number of carbonyl (C=O) groups excluding carboxylic acids is 1. The van der Waals surface area contributed by atoms with Crippen LogP contribution in [0.25, 0.3) is 11.6 Å². The number of allylic oxidation sites excluding steroid dienone is 1. The molecular weight excluding hydrogens is 377 g/mol. The summed E-state index contributed by atoms with van der Waals surface area (Å²) >= 11 is 3.27. The first kappa shape index (κ1) is 19.1. The van der Waals surface area contributed by atoms with Gasteiger partial charge in [0.2, 0.25) is 0 Å². The number of thioether (sulfide) groups is 2. The minimum Gasteiger partial charge on any atom is -0.292 e. The van der Waals surface area contributed by atoms with E-state index in [-0.39, 0.29) is 10.4 Å². The quantitative estimate of drug-likeness (QED) is 0.467. The molecule has 2 aromatic carbocycles. The van der Waals surface area contributed by atoms with Gasteiger partial charge in [0, 0.05) is 5.57 Å². The van der Waals surface area contributed by atoms with Crippen LogP contribution in [-0.4, -0.2) is 21.9 Å². The van der Waals surface area contributed by atoms with Crippen molar-refractivity contribution in [3.8, 4) is 0 Å². The Balaban J connectivity index is 1.95. The summed E-state index contributed by atoms with van der Waals surface area (Å²) in [6.45, 7) is 0. The van der Waals surface area contributed by atoms with E-state index in [0.717, 1.165) is 35.6 Å². The van der Waals surface area contributed by atoms with Crippen molar-refractivity contribution >= 4 is 41.0 Å². The third kappa shape index (κ3) is 4.74. The first-order chi connectivity index (χ1) is 12.4. The SMILES string of the molecule is O=C(/C(=C/c1ccc(C(F)(F)F)cc1)c1ccccc1)C1SCCCS1. The van der Waals surface area contributed by atoms with Crippen molar-refractivity contribution in [2.24, 2.45) is 0 Å². The van der Waals surface area contributed by atoms with Gasteiger partial charge in [0.15, 0.2) is 5.78 Å². The van der Waals surface area contributed by atoms with E-state index in [1.165, 1.54) is 12.1 Å². The Morgan fingerprint density at radius 3 is 2.15 bits per heavy atom. The zero-order chi connectivity index (χ0) is 18.6. The molecule has 0 radical (unpaired) electrons. The van der Waals surface area contributed by atoms with Gasteiger partial charge in [0.1, 0.15) is 4.58 Å². The Hall–Kier alpha value is -1.66. The summed E-state index contributed by atoms with van der Waals surface area (Å²) in [6, 6.07) is 14.2. The molecule has 1 saturated heterocycles. The zero-order valence-corrected chi connectivity index (χ0v) is 15.5. The fourth-order valence-electron chi connectivity index (χ4n) is 2.62. The van der Waals surface area contributed by atoms with Gasteiger partial charge in [-0.25, -0.2) is 0 Å². The van der Waals surface area contributed by atoms with Crippen LogP contribution in [0.2, 0.25) is 0 Å². The second-order valence-corrected chi connectivity index (χ2v) is 8.56. The number of rotatable bonds is 4. The maximum absolute atomic E-state index is 13.0. The van der Waals surface area contributed by atoms with Gasteiger partial charge in [-0.15, -0.1) is 23.5 Å². The Morgan fingerprint density at radius 1 is 0.962 bits per heavy atom. The molecule has 136 valence electrons. The number of ketones is 1. The number of Topliss-reactive ketones (excluding diaryl/α,β-unsaturated/α-hetero) is 1. The predicted molar refractivity (Wildman–Crippen MR) is 104 cm³/mol. The second kappa shape index (κ2) is 8.35. The average Bonchev–Trinajstić information content (AvgIpc) is 2.66. The van der Waals surface area contributed by atoms with Crippen LogP contribution >= 0.6 is 23.5 Å². The predicted octanol–water partition coefficient (Wildman–Crippen LogP) is 6.01. The topological polar surface area (TPSA) is 17.1 Å². The molecule has 2 aromatic rings. The van der Waals surface area contributed by atoms with E-state index >= 15 is 0 Å². The number of hydrogen-bond donors (Lipinski definition) is 0. The molecule has 0 saturated carbocycles. The van der Waals surface area contributed by atoms with Gasteiger partial charge in [0.05, 0.1) is 5.56 Å². The summed E-state index contributed by atoms with van der Waals surface area (Å²) in [6.07, 6.45) is -1.59. The van der Waals surface area contributed by atoms with Crippen LogP contribution in [0.1, 0.15) is 23.1 Å². The Kier molecular flexibility index (Phi) is 6.14. The molecule has 1 aliphatic heterocycles.